The summed E-state index contributed by atoms with van der Waals surface area (Å²) in [5.74, 6) is -2.35. The summed E-state index contributed by atoms with van der Waals surface area (Å²) in [7, 11) is 0. The Bertz CT molecular complexity index is 632. The van der Waals surface area contributed by atoms with Crippen LogP contribution in [0.3, 0.4) is 0 Å². The van der Waals surface area contributed by atoms with E-state index in [1.54, 1.807) is 6.08 Å². The Balaban J connectivity index is 2.07. The molecule has 2 N–H and O–H groups in total. The summed E-state index contributed by atoms with van der Waals surface area (Å²) in [4.78, 5) is 22.4. The first-order valence-corrected chi connectivity index (χ1v) is 6.57. The van der Waals surface area contributed by atoms with Crippen molar-refractivity contribution in [2.24, 2.45) is 0 Å². The monoisotopic (exact) mass is 274 g/mol. The average Bonchev–Trinajstić information content (AvgIpc) is 3.13. The predicted molar refractivity (Wildman–Crippen MR) is 70.9 cm³/mol. The van der Waals surface area contributed by atoms with Crippen LogP contribution in [0.1, 0.15) is 5.56 Å². The van der Waals surface area contributed by atoms with Gasteiger partial charge in [-0.2, -0.15) is 0 Å². The van der Waals surface area contributed by atoms with Crippen molar-refractivity contribution in [1.82, 2.24) is 0 Å². The molecule has 2 unspecified atom stereocenters. The molecule has 3 rings (SSSR count). The topological polar surface area (TPSA) is 74.6 Å². The molecule has 0 aromatic heterocycles. The third-order valence-electron chi connectivity index (χ3n) is 3.38. The minimum Gasteiger partial charge on any atom is -0.478 e. The van der Waals surface area contributed by atoms with Gasteiger partial charge in [0.2, 0.25) is 0 Å². The summed E-state index contributed by atoms with van der Waals surface area (Å²) in [6.07, 6.45) is 3.21. The Morgan fingerprint density at radius 3 is 2.37 bits per heavy atom. The van der Waals surface area contributed by atoms with Gasteiger partial charge in [-0.05, 0) is 11.6 Å². The molecular weight excluding hydrogens is 264 g/mol. The van der Waals surface area contributed by atoms with Gasteiger partial charge in [0.25, 0.3) is 0 Å². The largest absolute Gasteiger partial charge is 0.478 e. The zero-order valence-electron chi connectivity index (χ0n) is 9.74. The summed E-state index contributed by atoms with van der Waals surface area (Å²) in [6.45, 7) is 0. The van der Waals surface area contributed by atoms with Gasteiger partial charge in [-0.25, -0.2) is 9.59 Å². The molecule has 0 radical (unpaired) electrons. The van der Waals surface area contributed by atoms with Gasteiger partial charge < -0.3 is 10.2 Å². The highest BCUT2D eigenvalue weighted by Gasteiger charge is 2.60. The van der Waals surface area contributed by atoms with E-state index in [-0.39, 0.29) is 16.4 Å². The van der Waals surface area contributed by atoms with Crippen molar-refractivity contribution < 1.29 is 19.8 Å². The van der Waals surface area contributed by atoms with Crippen LogP contribution in [0.25, 0.3) is 0 Å². The van der Waals surface area contributed by atoms with E-state index in [9.17, 15) is 14.7 Å². The van der Waals surface area contributed by atoms with E-state index in [0.29, 0.717) is 0 Å². The number of benzene rings is 1. The van der Waals surface area contributed by atoms with Crippen LogP contribution in [0.4, 0.5) is 0 Å². The van der Waals surface area contributed by atoms with Crippen molar-refractivity contribution in [3.05, 3.63) is 59.2 Å². The maximum atomic E-state index is 11.3. The van der Waals surface area contributed by atoms with E-state index >= 15 is 0 Å². The summed E-state index contributed by atoms with van der Waals surface area (Å²) >= 11 is 1.47. The van der Waals surface area contributed by atoms with Crippen LogP contribution in [0.2, 0.25) is 0 Å². The van der Waals surface area contributed by atoms with Crippen LogP contribution in [0.15, 0.2) is 53.6 Å². The van der Waals surface area contributed by atoms with E-state index in [4.69, 9.17) is 5.11 Å². The molecule has 0 saturated carbocycles. The molecule has 96 valence electrons. The smallest absolute Gasteiger partial charge is 0.336 e. The highest BCUT2D eigenvalue weighted by molar-refractivity contribution is 8.08. The summed E-state index contributed by atoms with van der Waals surface area (Å²) < 4.78 is -0.409. The van der Waals surface area contributed by atoms with Gasteiger partial charge in [-0.15, -0.1) is 11.8 Å². The van der Waals surface area contributed by atoms with Crippen LogP contribution in [-0.4, -0.2) is 27.4 Å². The molecular formula is C14H10O4S. The van der Waals surface area contributed by atoms with Crippen LogP contribution < -0.4 is 0 Å². The van der Waals surface area contributed by atoms with Crippen LogP contribution in [0, 0.1) is 0 Å². The van der Waals surface area contributed by atoms with Gasteiger partial charge in [0, 0.05) is 0 Å². The van der Waals surface area contributed by atoms with Gasteiger partial charge in [-0.3, -0.25) is 0 Å². The fraction of sp³-hybridized carbons (Fsp3) is 0.143. The van der Waals surface area contributed by atoms with Crippen LogP contribution >= 0.6 is 11.8 Å². The van der Waals surface area contributed by atoms with Crippen molar-refractivity contribution in [1.29, 1.82) is 0 Å². The lowest BCUT2D eigenvalue weighted by molar-refractivity contribution is -0.135. The summed E-state index contributed by atoms with van der Waals surface area (Å²) in [6, 6.07) is 9.55. The number of carboxylic acids is 2. The molecule has 0 bridgehead atoms. The van der Waals surface area contributed by atoms with Crippen molar-refractivity contribution in [2.45, 2.75) is 10.00 Å². The van der Waals surface area contributed by atoms with E-state index in [1.807, 2.05) is 30.3 Å². The number of fused-ring (bicyclic) bond motifs is 1. The Morgan fingerprint density at radius 2 is 1.79 bits per heavy atom. The van der Waals surface area contributed by atoms with Gasteiger partial charge in [0.15, 0.2) is 0 Å². The van der Waals surface area contributed by atoms with Gasteiger partial charge >= 0.3 is 11.9 Å². The fourth-order valence-electron chi connectivity index (χ4n) is 2.43. The molecule has 0 spiro atoms. The fourth-order valence-corrected chi connectivity index (χ4v) is 3.85. The number of thioether (sulfide) groups is 1. The first kappa shape index (κ1) is 12.0. The lowest BCUT2D eigenvalue weighted by atomic mass is 9.85. The highest BCUT2D eigenvalue weighted by Crippen LogP contribution is 2.67. The number of hydrogen-bond donors (Lipinski definition) is 2. The van der Waals surface area contributed by atoms with Crippen molar-refractivity contribution in [3.8, 4) is 0 Å². The molecule has 1 aliphatic heterocycles. The molecule has 1 fully saturated rings. The third-order valence-corrected chi connectivity index (χ3v) is 4.97. The molecule has 4 nitrogen and oxygen atoms in total. The number of carboxylic acid groups (broad SMARTS) is 2. The van der Waals surface area contributed by atoms with Crippen LogP contribution in [0.5, 0.6) is 0 Å². The minimum atomic E-state index is -1.19. The van der Waals surface area contributed by atoms with Gasteiger partial charge in [0.05, 0.1) is 21.1 Å². The number of rotatable bonds is 3. The standard InChI is InChI=1S/C14H10O4S/c15-12(16)9-6-7-14(8-4-2-1-3-5-8)11(19-14)10(9)13(17)18/h1-7,11H,(H,15,16)(H,17,18). The molecule has 0 amide bonds. The second-order valence-electron chi connectivity index (χ2n) is 4.43. The average molecular weight is 274 g/mol. The van der Waals surface area contributed by atoms with E-state index in [2.05, 4.69) is 0 Å². The summed E-state index contributed by atoms with van der Waals surface area (Å²) in [5.41, 5.74) is 0.877. The SMILES string of the molecule is O=C(O)C1=C(C(=O)O)C2SC2(c2ccccc2)C=C1. The van der Waals surface area contributed by atoms with Crippen molar-refractivity contribution >= 4 is 23.7 Å². The summed E-state index contributed by atoms with van der Waals surface area (Å²) in [5, 5.41) is 18.0. The third kappa shape index (κ3) is 1.69. The minimum absolute atomic E-state index is 0.0103. The second-order valence-corrected chi connectivity index (χ2v) is 5.81. The van der Waals surface area contributed by atoms with E-state index in [1.165, 1.54) is 17.8 Å². The van der Waals surface area contributed by atoms with Crippen molar-refractivity contribution in [2.75, 3.05) is 0 Å². The van der Waals surface area contributed by atoms with Gasteiger partial charge in [0.1, 0.15) is 0 Å². The maximum Gasteiger partial charge on any atom is 0.336 e. The highest BCUT2D eigenvalue weighted by atomic mass is 32.2. The Labute approximate surface area is 113 Å². The first-order chi connectivity index (χ1) is 9.06. The van der Waals surface area contributed by atoms with E-state index < -0.39 is 16.7 Å². The number of aliphatic carboxylic acids is 2. The lowest BCUT2D eigenvalue weighted by Crippen LogP contribution is -2.23. The molecule has 5 heteroatoms. The zero-order chi connectivity index (χ0) is 13.6. The predicted octanol–water partition coefficient (Wildman–Crippen LogP) is 2.03. The first-order valence-electron chi connectivity index (χ1n) is 5.69. The lowest BCUT2D eigenvalue weighted by Gasteiger charge is -2.16. The molecule has 1 aromatic rings. The zero-order valence-corrected chi connectivity index (χ0v) is 10.6. The van der Waals surface area contributed by atoms with E-state index in [0.717, 1.165) is 5.56 Å². The maximum absolute atomic E-state index is 11.3. The number of hydrogen-bond acceptors (Lipinski definition) is 3. The quantitative estimate of drug-likeness (QED) is 0.825. The molecule has 1 saturated heterocycles. The van der Waals surface area contributed by atoms with Crippen LogP contribution in [-0.2, 0) is 14.3 Å². The molecule has 2 atom stereocenters. The molecule has 1 heterocycles. The Kier molecular flexibility index (Phi) is 2.53. The number of carbonyl (C=O) groups is 2. The van der Waals surface area contributed by atoms with Gasteiger partial charge in [-0.1, -0.05) is 36.4 Å². The molecule has 19 heavy (non-hydrogen) atoms. The van der Waals surface area contributed by atoms with Crippen molar-refractivity contribution in [3.63, 3.8) is 0 Å². The Morgan fingerprint density at radius 1 is 1.11 bits per heavy atom. The molecule has 2 aliphatic rings. The normalized spacial score (nSPS) is 27.9. The second kappa shape index (κ2) is 3.99. The molecule has 1 aliphatic carbocycles. The molecule has 1 aromatic carbocycles. The Hall–Kier alpha value is -2.01.